The Balaban J connectivity index is 1.72. The molecule has 0 amide bonds. The first-order valence-electron chi connectivity index (χ1n) is 8.00. The lowest BCUT2D eigenvalue weighted by Gasteiger charge is -2.23. The molecule has 0 spiro atoms. The van der Waals surface area contributed by atoms with Crippen LogP contribution in [-0.4, -0.2) is 32.5 Å². The zero-order chi connectivity index (χ0) is 16.8. The summed E-state index contributed by atoms with van der Waals surface area (Å²) in [6.45, 7) is 5.09. The summed E-state index contributed by atoms with van der Waals surface area (Å²) in [5, 5.41) is 0.138. The van der Waals surface area contributed by atoms with Crippen LogP contribution in [0.5, 0.6) is 0 Å². The highest BCUT2D eigenvalue weighted by molar-refractivity contribution is 6.28. The summed E-state index contributed by atoms with van der Waals surface area (Å²) in [6, 6.07) is 8.97. The van der Waals surface area contributed by atoms with E-state index in [9.17, 15) is 4.79 Å². The van der Waals surface area contributed by atoms with Crippen molar-refractivity contribution in [2.24, 2.45) is 0 Å². The molecule has 1 fully saturated rings. The Labute approximate surface area is 143 Å². The van der Waals surface area contributed by atoms with Crippen LogP contribution in [0.4, 0.5) is 5.82 Å². The third kappa shape index (κ3) is 2.57. The van der Waals surface area contributed by atoms with E-state index >= 15 is 0 Å². The number of aromatic amines is 2. The molecule has 0 aliphatic carbocycles. The number of rotatable bonds is 2. The fourth-order valence-electron chi connectivity index (χ4n) is 3.49. The highest BCUT2D eigenvalue weighted by Crippen LogP contribution is 2.36. The molecule has 2 atom stereocenters. The number of nitrogens with zero attached hydrogens (tertiary/aromatic N) is 3. The fraction of sp³-hybridized carbons (Fsp3) is 0.353. The molecule has 0 radical (unpaired) electrons. The molecule has 1 aliphatic heterocycles. The van der Waals surface area contributed by atoms with Gasteiger partial charge in [0.2, 0.25) is 5.28 Å². The van der Waals surface area contributed by atoms with Crippen molar-refractivity contribution >= 4 is 28.6 Å². The normalized spacial score (nSPS) is 20.9. The number of aryl methyl sites for hydroxylation is 1. The topological polar surface area (TPSA) is 77.7 Å². The second-order valence-corrected chi connectivity index (χ2v) is 6.80. The second kappa shape index (κ2) is 5.63. The molecule has 2 unspecified atom stereocenters. The fourth-order valence-corrected chi connectivity index (χ4v) is 3.66. The zero-order valence-electron chi connectivity index (χ0n) is 13.5. The maximum atomic E-state index is 11.6. The van der Waals surface area contributed by atoms with Crippen molar-refractivity contribution in [1.29, 1.82) is 0 Å². The van der Waals surface area contributed by atoms with E-state index in [-0.39, 0.29) is 11.0 Å². The first-order valence-corrected chi connectivity index (χ1v) is 8.38. The van der Waals surface area contributed by atoms with E-state index in [2.05, 4.69) is 62.9 Å². The number of H-pyrrole nitrogens is 2. The van der Waals surface area contributed by atoms with Crippen molar-refractivity contribution in [2.75, 3.05) is 11.4 Å². The molecule has 124 valence electrons. The van der Waals surface area contributed by atoms with E-state index in [1.54, 1.807) is 0 Å². The highest BCUT2D eigenvalue weighted by Gasteiger charge is 2.32. The summed E-state index contributed by atoms with van der Waals surface area (Å²) in [6.07, 6.45) is 1.03. The van der Waals surface area contributed by atoms with Gasteiger partial charge in [0.25, 0.3) is 0 Å². The third-order valence-electron chi connectivity index (χ3n) is 4.73. The zero-order valence-corrected chi connectivity index (χ0v) is 14.3. The van der Waals surface area contributed by atoms with Gasteiger partial charge in [0, 0.05) is 18.5 Å². The van der Waals surface area contributed by atoms with E-state index in [1.807, 2.05) is 0 Å². The third-order valence-corrected chi connectivity index (χ3v) is 4.90. The molecule has 1 aromatic carbocycles. The molecule has 2 N–H and O–H groups in total. The molecule has 2 aromatic heterocycles. The predicted octanol–water partition coefficient (Wildman–Crippen LogP) is 2.99. The standard InChI is InChI=1S/C17H18ClN5O/c1-9-3-5-11(6-4-9)12-7-10(2)23(8-12)15-13-14(20-16(18)22-15)21-17(24)19-13/h3-6,10,12H,7-8H2,1-2H3,(H2,19,20,21,22,24). The molecule has 0 saturated carbocycles. The number of imidazole rings is 1. The van der Waals surface area contributed by atoms with Crippen molar-refractivity contribution in [3.63, 3.8) is 0 Å². The van der Waals surface area contributed by atoms with Gasteiger partial charge in [0.05, 0.1) is 0 Å². The molecule has 1 saturated heterocycles. The Bertz CT molecular complexity index is 946. The van der Waals surface area contributed by atoms with Crippen LogP contribution in [0.1, 0.15) is 30.4 Å². The number of hydrogen-bond acceptors (Lipinski definition) is 4. The molecule has 3 heterocycles. The van der Waals surface area contributed by atoms with Gasteiger partial charge in [-0.05, 0) is 37.4 Å². The Morgan fingerprint density at radius 3 is 2.71 bits per heavy atom. The number of anilines is 1. The molecule has 4 rings (SSSR count). The van der Waals surface area contributed by atoms with Gasteiger partial charge in [-0.25, -0.2) is 4.79 Å². The van der Waals surface area contributed by atoms with Crippen LogP contribution in [0.15, 0.2) is 29.1 Å². The molecule has 1 aliphatic rings. The Hall–Kier alpha value is -2.34. The van der Waals surface area contributed by atoms with Gasteiger partial charge >= 0.3 is 5.69 Å². The Morgan fingerprint density at radius 1 is 1.21 bits per heavy atom. The minimum atomic E-state index is -0.301. The maximum absolute atomic E-state index is 11.6. The Kier molecular flexibility index (Phi) is 3.57. The number of aromatic nitrogens is 4. The van der Waals surface area contributed by atoms with Gasteiger partial charge < -0.3 is 9.88 Å². The monoisotopic (exact) mass is 343 g/mol. The summed E-state index contributed by atoms with van der Waals surface area (Å²) < 4.78 is 0. The molecule has 24 heavy (non-hydrogen) atoms. The average Bonchev–Trinajstić information content (AvgIpc) is 3.09. The lowest BCUT2D eigenvalue weighted by molar-refractivity contribution is 0.697. The van der Waals surface area contributed by atoms with Gasteiger partial charge in [-0.15, -0.1) is 0 Å². The summed E-state index contributed by atoms with van der Waals surface area (Å²) >= 11 is 6.05. The lowest BCUT2D eigenvalue weighted by Crippen LogP contribution is -2.28. The first-order chi connectivity index (χ1) is 11.5. The van der Waals surface area contributed by atoms with Crippen LogP contribution in [0.25, 0.3) is 11.2 Å². The number of hydrogen-bond donors (Lipinski definition) is 2. The van der Waals surface area contributed by atoms with Gasteiger partial charge in [-0.2, -0.15) is 9.97 Å². The first kappa shape index (κ1) is 15.2. The molecule has 6 nitrogen and oxygen atoms in total. The van der Waals surface area contributed by atoms with Crippen molar-refractivity contribution < 1.29 is 0 Å². The van der Waals surface area contributed by atoms with Crippen LogP contribution in [-0.2, 0) is 0 Å². The van der Waals surface area contributed by atoms with Crippen molar-refractivity contribution in [3.8, 4) is 0 Å². The van der Waals surface area contributed by atoms with E-state index < -0.39 is 0 Å². The van der Waals surface area contributed by atoms with Gasteiger partial charge in [0.1, 0.15) is 5.52 Å². The van der Waals surface area contributed by atoms with Crippen LogP contribution in [0, 0.1) is 6.92 Å². The molecule has 7 heteroatoms. The number of fused-ring (bicyclic) bond motifs is 1. The largest absolute Gasteiger partial charge is 0.351 e. The molecular formula is C17H18ClN5O. The van der Waals surface area contributed by atoms with Crippen molar-refractivity contribution in [3.05, 3.63) is 51.2 Å². The lowest BCUT2D eigenvalue weighted by atomic mass is 9.96. The summed E-state index contributed by atoms with van der Waals surface area (Å²) in [7, 11) is 0. The summed E-state index contributed by atoms with van der Waals surface area (Å²) in [4.78, 5) is 27.7. The molecule has 0 bridgehead atoms. The van der Waals surface area contributed by atoms with Gasteiger partial charge in [0.15, 0.2) is 11.5 Å². The molecular weight excluding hydrogens is 326 g/mol. The second-order valence-electron chi connectivity index (χ2n) is 6.46. The predicted molar refractivity (Wildman–Crippen MR) is 94.9 cm³/mol. The van der Waals surface area contributed by atoms with Crippen LogP contribution >= 0.6 is 11.6 Å². The summed E-state index contributed by atoms with van der Waals surface area (Å²) in [5.41, 5.74) is 3.34. The van der Waals surface area contributed by atoms with Crippen molar-refractivity contribution in [1.82, 2.24) is 19.9 Å². The van der Waals surface area contributed by atoms with E-state index in [1.165, 1.54) is 11.1 Å². The molecule has 3 aromatic rings. The minimum Gasteiger partial charge on any atom is -0.351 e. The highest BCUT2D eigenvalue weighted by atomic mass is 35.5. The van der Waals surface area contributed by atoms with Crippen molar-refractivity contribution in [2.45, 2.75) is 32.2 Å². The number of benzene rings is 1. The van der Waals surface area contributed by atoms with Gasteiger partial charge in [-0.3, -0.25) is 4.98 Å². The summed E-state index contributed by atoms with van der Waals surface area (Å²) in [5.74, 6) is 1.11. The van der Waals surface area contributed by atoms with E-state index in [0.29, 0.717) is 28.9 Å². The van der Waals surface area contributed by atoms with Crippen LogP contribution < -0.4 is 10.6 Å². The smallest absolute Gasteiger partial charge is 0.325 e. The van der Waals surface area contributed by atoms with Gasteiger partial charge in [-0.1, -0.05) is 29.8 Å². The Morgan fingerprint density at radius 2 is 1.96 bits per heavy atom. The average molecular weight is 344 g/mol. The number of nitrogens with one attached hydrogen (secondary N) is 2. The van der Waals surface area contributed by atoms with Crippen LogP contribution in [0.2, 0.25) is 5.28 Å². The SMILES string of the molecule is Cc1ccc(C2CC(C)N(c3nc(Cl)nc4[nH]c(=O)[nH]c34)C2)cc1. The maximum Gasteiger partial charge on any atom is 0.325 e. The minimum absolute atomic E-state index is 0.138. The number of halogens is 1. The quantitative estimate of drug-likeness (QED) is 0.701. The van der Waals surface area contributed by atoms with Crippen LogP contribution in [0.3, 0.4) is 0 Å². The van der Waals surface area contributed by atoms with E-state index in [0.717, 1.165) is 13.0 Å². The van der Waals surface area contributed by atoms with E-state index in [4.69, 9.17) is 11.6 Å².